The summed E-state index contributed by atoms with van der Waals surface area (Å²) in [5.41, 5.74) is 3.16. The van der Waals surface area contributed by atoms with Gasteiger partial charge in [-0.1, -0.05) is 0 Å². The number of aromatic nitrogens is 4. The van der Waals surface area contributed by atoms with Crippen LogP contribution in [0.2, 0.25) is 0 Å². The fourth-order valence-corrected chi connectivity index (χ4v) is 3.45. The molecule has 0 N–H and O–H groups in total. The Morgan fingerprint density at radius 1 is 1.35 bits per heavy atom. The molecule has 0 radical (unpaired) electrons. The number of aryl methyl sites for hydroxylation is 3. The van der Waals surface area contributed by atoms with Crippen LogP contribution in [0, 0.1) is 12.8 Å². The molecule has 0 amide bonds. The van der Waals surface area contributed by atoms with Crippen molar-refractivity contribution in [2.45, 2.75) is 26.3 Å². The van der Waals surface area contributed by atoms with Crippen molar-refractivity contribution >= 4 is 22.8 Å². The van der Waals surface area contributed by atoms with Crippen molar-refractivity contribution in [2.75, 3.05) is 26.0 Å². The first-order valence-electron chi connectivity index (χ1n) is 7.23. The Balaban J connectivity index is 1.99. The number of fused-ring (bicyclic) bond motifs is 1. The zero-order valence-corrected chi connectivity index (χ0v) is 13.2. The Morgan fingerprint density at radius 2 is 2.15 bits per heavy atom. The lowest BCUT2D eigenvalue weighted by molar-refractivity contribution is 0.377. The lowest BCUT2D eigenvalue weighted by atomic mass is 10.1. The molecule has 0 bridgehead atoms. The minimum Gasteiger partial charge on any atom is -0.313 e. The van der Waals surface area contributed by atoms with E-state index in [1.165, 1.54) is 13.0 Å². The molecule has 1 fully saturated rings. The molecule has 3 heterocycles. The molecule has 110 valence electrons. The number of hydrogen-bond acceptors (Lipinski definition) is 3. The van der Waals surface area contributed by atoms with Crippen molar-refractivity contribution in [2.24, 2.45) is 13.0 Å². The van der Waals surface area contributed by atoms with Gasteiger partial charge in [-0.05, 0) is 32.9 Å². The molecule has 0 aliphatic carbocycles. The SMILES string of the molecule is Cc1nn(C)c2c1nc(CCCl)n2CC1CCN(C)C1. The number of likely N-dealkylation sites (tertiary alicyclic amines) is 1. The van der Waals surface area contributed by atoms with Gasteiger partial charge in [0.15, 0.2) is 5.65 Å². The smallest absolute Gasteiger partial charge is 0.158 e. The lowest BCUT2D eigenvalue weighted by Gasteiger charge is -2.14. The van der Waals surface area contributed by atoms with Crippen LogP contribution in [0.3, 0.4) is 0 Å². The van der Waals surface area contributed by atoms with E-state index in [4.69, 9.17) is 16.6 Å². The fourth-order valence-electron chi connectivity index (χ4n) is 3.28. The Kier molecular flexibility index (Phi) is 3.73. The third-order valence-corrected chi connectivity index (χ3v) is 4.41. The van der Waals surface area contributed by atoms with Gasteiger partial charge >= 0.3 is 0 Å². The normalized spacial score (nSPS) is 20.3. The van der Waals surface area contributed by atoms with Crippen LogP contribution in [0.25, 0.3) is 11.2 Å². The predicted molar refractivity (Wildman–Crippen MR) is 81.3 cm³/mol. The fraction of sp³-hybridized carbons (Fsp3) is 0.714. The highest BCUT2D eigenvalue weighted by Gasteiger charge is 2.24. The van der Waals surface area contributed by atoms with Crippen LogP contribution in [0.4, 0.5) is 0 Å². The molecule has 5 nitrogen and oxygen atoms in total. The summed E-state index contributed by atoms with van der Waals surface area (Å²) < 4.78 is 4.29. The van der Waals surface area contributed by atoms with Crippen LogP contribution in [-0.4, -0.2) is 50.2 Å². The molecule has 20 heavy (non-hydrogen) atoms. The maximum Gasteiger partial charge on any atom is 0.158 e. The molecule has 6 heteroatoms. The van der Waals surface area contributed by atoms with Crippen molar-refractivity contribution in [3.63, 3.8) is 0 Å². The van der Waals surface area contributed by atoms with E-state index < -0.39 is 0 Å². The Labute approximate surface area is 124 Å². The van der Waals surface area contributed by atoms with Crippen LogP contribution < -0.4 is 0 Å². The summed E-state index contributed by atoms with van der Waals surface area (Å²) in [5.74, 6) is 2.41. The molecule has 1 aliphatic heterocycles. The van der Waals surface area contributed by atoms with E-state index in [9.17, 15) is 0 Å². The second-order valence-electron chi connectivity index (χ2n) is 5.88. The number of alkyl halides is 1. The first-order chi connectivity index (χ1) is 9.60. The molecule has 1 unspecified atom stereocenters. The Hall–Kier alpha value is -1.07. The van der Waals surface area contributed by atoms with Crippen LogP contribution in [0.5, 0.6) is 0 Å². The molecular formula is C14H22ClN5. The van der Waals surface area contributed by atoms with E-state index in [1.54, 1.807) is 0 Å². The van der Waals surface area contributed by atoms with Crippen molar-refractivity contribution in [1.29, 1.82) is 0 Å². The lowest BCUT2D eigenvalue weighted by Crippen LogP contribution is -2.19. The van der Waals surface area contributed by atoms with E-state index in [0.29, 0.717) is 11.8 Å². The van der Waals surface area contributed by atoms with Gasteiger partial charge in [0.2, 0.25) is 0 Å². The second kappa shape index (κ2) is 5.37. The molecule has 0 aromatic carbocycles. The molecular weight excluding hydrogens is 274 g/mol. The summed E-state index contributed by atoms with van der Waals surface area (Å²) in [6, 6.07) is 0. The van der Waals surface area contributed by atoms with Gasteiger partial charge < -0.3 is 9.47 Å². The third-order valence-electron chi connectivity index (χ3n) is 4.22. The number of halogens is 1. The quantitative estimate of drug-likeness (QED) is 0.808. The molecule has 2 aromatic rings. The number of rotatable bonds is 4. The first-order valence-corrected chi connectivity index (χ1v) is 7.76. The average molecular weight is 296 g/mol. The van der Waals surface area contributed by atoms with Crippen LogP contribution in [0.15, 0.2) is 0 Å². The number of nitrogens with zero attached hydrogens (tertiary/aromatic N) is 5. The van der Waals surface area contributed by atoms with Gasteiger partial charge in [0, 0.05) is 32.4 Å². The van der Waals surface area contributed by atoms with Crippen molar-refractivity contribution < 1.29 is 0 Å². The minimum absolute atomic E-state index is 0.611. The first kappa shape index (κ1) is 13.9. The molecule has 2 aromatic heterocycles. The molecule has 1 aliphatic rings. The van der Waals surface area contributed by atoms with Crippen LogP contribution in [-0.2, 0) is 20.0 Å². The van der Waals surface area contributed by atoms with Gasteiger partial charge in [0.05, 0.1) is 5.69 Å². The van der Waals surface area contributed by atoms with Crippen LogP contribution in [0.1, 0.15) is 17.9 Å². The topological polar surface area (TPSA) is 38.9 Å². The zero-order chi connectivity index (χ0) is 14.3. The van der Waals surface area contributed by atoms with E-state index in [-0.39, 0.29) is 0 Å². The molecule has 0 spiro atoms. The molecule has 3 rings (SSSR count). The highest BCUT2D eigenvalue weighted by Crippen LogP contribution is 2.24. The average Bonchev–Trinajstić information content (AvgIpc) is 3.02. The van der Waals surface area contributed by atoms with Gasteiger partial charge in [-0.15, -0.1) is 11.6 Å². The summed E-state index contributed by atoms with van der Waals surface area (Å²) in [4.78, 5) is 7.16. The van der Waals surface area contributed by atoms with Crippen molar-refractivity contribution in [3.8, 4) is 0 Å². The maximum atomic E-state index is 5.94. The largest absolute Gasteiger partial charge is 0.313 e. The highest BCUT2D eigenvalue weighted by atomic mass is 35.5. The van der Waals surface area contributed by atoms with E-state index in [2.05, 4.69) is 21.6 Å². The van der Waals surface area contributed by atoms with Crippen LogP contribution >= 0.6 is 11.6 Å². The molecule has 1 saturated heterocycles. The van der Waals surface area contributed by atoms with E-state index in [0.717, 1.165) is 42.2 Å². The van der Waals surface area contributed by atoms with Crippen molar-refractivity contribution in [1.82, 2.24) is 24.2 Å². The summed E-state index contributed by atoms with van der Waals surface area (Å²) in [6.45, 7) is 5.40. The Morgan fingerprint density at radius 3 is 2.80 bits per heavy atom. The van der Waals surface area contributed by atoms with E-state index in [1.807, 2.05) is 18.7 Å². The van der Waals surface area contributed by atoms with Gasteiger partial charge in [-0.3, -0.25) is 4.68 Å². The summed E-state index contributed by atoms with van der Waals surface area (Å²) >= 11 is 5.94. The summed E-state index contributed by atoms with van der Waals surface area (Å²) in [7, 11) is 4.19. The van der Waals surface area contributed by atoms with Gasteiger partial charge in [-0.2, -0.15) is 5.10 Å². The number of imidazole rings is 1. The van der Waals surface area contributed by atoms with Crippen molar-refractivity contribution in [3.05, 3.63) is 11.5 Å². The Bertz CT molecular complexity index is 615. The van der Waals surface area contributed by atoms with Gasteiger partial charge in [-0.25, -0.2) is 4.98 Å². The summed E-state index contributed by atoms with van der Waals surface area (Å²) in [6.07, 6.45) is 2.07. The second-order valence-corrected chi connectivity index (χ2v) is 6.25. The number of hydrogen-bond donors (Lipinski definition) is 0. The molecule has 1 atom stereocenters. The molecule has 0 saturated carbocycles. The third kappa shape index (κ3) is 2.33. The zero-order valence-electron chi connectivity index (χ0n) is 12.4. The summed E-state index contributed by atoms with van der Waals surface area (Å²) in [5, 5.41) is 4.49. The maximum absolute atomic E-state index is 5.94. The standard InChI is InChI=1S/C14H22ClN5/c1-10-13-14(19(3)17-10)20(12(16-13)4-6-15)9-11-5-7-18(2)8-11/h11H,4-9H2,1-3H3. The van der Waals surface area contributed by atoms with Gasteiger partial charge in [0.25, 0.3) is 0 Å². The van der Waals surface area contributed by atoms with E-state index >= 15 is 0 Å². The predicted octanol–water partition coefficient (Wildman–Crippen LogP) is 1.81. The minimum atomic E-state index is 0.611. The van der Waals surface area contributed by atoms with Gasteiger partial charge in [0.1, 0.15) is 11.3 Å². The highest BCUT2D eigenvalue weighted by molar-refractivity contribution is 6.17. The monoisotopic (exact) mass is 295 g/mol.